The van der Waals surface area contributed by atoms with Crippen molar-refractivity contribution in [2.45, 2.75) is 6.92 Å². The average Bonchev–Trinajstić information content (AvgIpc) is 2.34. The van der Waals surface area contributed by atoms with Gasteiger partial charge in [-0.05, 0) is 24.6 Å². The number of hydrogen-bond acceptors (Lipinski definition) is 4. The van der Waals surface area contributed by atoms with Crippen molar-refractivity contribution >= 4 is 28.1 Å². The molecular formula is C12H11BrN2O3. The number of nitrogens with zero attached hydrogens (tertiary/aromatic N) is 1. The topological polar surface area (TPSA) is 79.2 Å². The normalized spacial score (nSPS) is 9.39. The molecule has 0 fully saturated rings. The molecule has 5 nitrogen and oxygen atoms in total. The van der Waals surface area contributed by atoms with Crippen molar-refractivity contribution in [3.8, 4) is 11.8 Å². The maximum absolute atomic E-state index is 11.3. The monoisotopic (exact) mass is 310 g/mol. The Hall–Kier alpha value is -1.87. The number of rotatable bonds is 5. The third kappa shape index (κ3) is 3.86. The Morgan fingerprint density at radius 3 is 2.94 bits per heavy atom. The number of nitriles is 1. The van der Waals surface area contributed by atoms with Gasteiger partial charge in [-0.1, -0.05) is 15.9 Å². The lowest BCUT2D eigenvalue weighted by atomic mass is 10.1. The molecule has 0 saturated carbocycles. The highest BCUT2D eigenvalue weighted by Gasteiger charge is 2.10. The van der Waals surface area contributed by atoms with Gasteiger partial charge in [-0.3, -0.25) is 9.59 Å². The molecule has 1 aromatic rings. The van der Waals surface area contributed by atoms with Crippen LogP contribution in [0.25, 0.3) is 0 Å². The van der Waals surface area contributed by atoms with E-state index < -0.39 is 5.91 Å². The molecule has 0 saturated heterocycles. The number of aryl methyl sites for hydroxylation is 1. The molecule has 0 aliphatic heterocycles. The maximum atomic E-state index is 11.3. The van der Waals surface area contributed by atoms with Gasteiger partial charge >= 0.3 is 0 Å². The largest absolute Gasteiger partial charge is 0.483 e. The molecule has 0 bridgehead atoms. The predicted molar refractivity (Wildman–Crippen MR) is 68.4 cm³/mol. The Morgan fingerprint density at radius 1 is 1.61 bits per heavy atom. The lowest BCUT2D eigenvalue weighted by Gasteiger charge is -2.11. The number of benzene rings is 1. The summed E-state index contributed by atoms with van der Waals surface area (Å²) in [5.41, 5.74) is 1.12. The van der Waals surface area contributed by atoms with E-state index in [2.05, 4.69) is 21.2 Å². The molecule has 0 aliphatic rings. The summed E-state index contributed by atoms with van der Waals surface area (Å²) < 4.78 is 6.07. The van der Waals surface area contributed by atoms with Crippen LogP contribution in [0.4, 0.5) is 0 Å². The zero-order chi connectivity index (χ0) is 13.5. The fourth-order valence-corrected chi connectivity index (χ4v) is 1.96. The minimum absolute atomic E-state index is 0.0674. The first-order chi connectivity index (χ1) is 8.58. The van der Waals surface area contributed by atoms with Crippen LogP contribution in [0.1, 0.15) is 15.9 Å². The quantitative estimate of drug-likeness (QED) is 0.661. The van der Waals surface area contributed by atoms with Crippen molar-refractivity contribution in [1.29, 1.82) is 5.26 Å². The molecule has 18 heavy (non-hydrogen) atoms. The molecule has 6 heteroatoms. The summed E-state index contributed by atoms with van der Waals surface area (Å²) in [5, 5.41) is 10.6. The summed E-state index contributed by atoms with van der Waals surface area (Å²) >= 11 is 3.27. The van der Waals surface area contributed by atoms with E-state index in [4.69, 9.17) is 10.00 Å². The molecule has 0 spiro atoms. The summed E-state index contributed by atoms with van der Waals surface area (Å²) in [5.74, 6) is -0.0315. The molecule has 0 radical (unpaired) electrons. The summed E-state index contributed by atoms with van der Waals surface area (Å²) in [7, 11) is 0. The molecule has 1 amide bonds. The molecule has 0 atom stereocenters. The molecule has 0 aromatic heterocycles. The minimum atomic E-state index is -0.407. The van der Waals surface area contributed by atoms with Crippen molar-refractivity contribution < 1.29 is 14.3 Å². The highest BCUT2D eigenvalue weighted by Crippen LogP contribution is 2.26. The molecule has 94 valence electrons. The van der Waals surface area contributed by atoms with Crippen LogP contribution in [-0.2, 0) is 4.79 Å². The van der Waals surface area contributed by atoms with E-state index in [1.54, 1.807) is 25.1 Å². The lowest BCUT2D eigenvalue weighted by Crippen LogP contribution is -2.29. The van der Waals surface area contributed by atoms with E-state index >= 15 is 0 Å². The first kappa shape index (κ1) is 14.2. The molecule has 0 heterocycles. The predicted octanol–water partition coefficient (Wildman–Crippen LogP) is 1.59. The second kappa shape index (κ2) is 6.77. The number of amides is 1. The van der Waals surface area contributed by atoms with Crippen LogP contribution in [0.3, 0.4) is 0 Å². The van der Waals surface area contributed by atoms with Gasteiger partial charge in [0, 0.05) is 4.47 Å². The molecule has 0 unspecified atom stereocenters. The van der Waals surface area contributed by atoms with Crippen LogP contribution in [0.2, 0.25) is 0 Å². The van der Waals surface area contributed by atoms with Gasteiger partial charge in [-0.15, -0.1) is 0 Å². The fourth-order valence-electron chi connectivity index (χ4n) is 1.37. The van der Waals surface area contributed by atoms with Gasteiger partial charge < -0.3 is 10.1 Å². The lowest BCUT2D eigenvalue weighted by molar-refractivity contribution is -0.122. The highest BCUT2D eigenvalue weighted by molar-refractivity contribution is 9.10. The Labute approximate surface area is 113 Å². The summed E-state index contributed by atoms with van der Waals surface area (Å²) in [6.45, 7) is 1.48. The second-order valence-electron chi connectivity index (χ2n) is 3.48. The smallest absolute Gasteiger partial charge is 0.258 e. The van der Waals surface area contributed by atoms with Crippen molar-refractivity contribution in [1.82, 2.24) is 5.32 Å². The van der Waals surface area contributed by atoms with Gasteiger partial charge in [0.05, 0.1) is 11.6 Å². The number of aldehydes is 1. The number of carbonyl (C=O) groups excluding carboxylic acids is 2. The van der Waals surface area contributed by atoms with E-state index in [1.165, 1.54) is 0 Å². The van der Waals surface area contributed by atoms with E-state index in [1.807, 2.05) is 0 Å². The standard InChI is InChI=1S/C12H11BrN2O3/c1-8-4-10(13)5-9(6-16)12(8)18-7-11(17)15-3-2-14/h4-6H,3,7H2,1H3,(H,15,17). The van der Waals surface area contributed by atoms with Crippen LogP contribution < -0.4 is 10.1 Å². The van der Waals surface area contributed by atoms with Gasteiger partial charge in [0.15, 0.2) is 12.9 Å². The van der Waals surface area contributed by atoms with Crippen LogP contribution >= 0.6 is 15.9 Å². The summed E-state index contributed by atoms with van der Waals surface area (Å²) in [4.78, 5) is 22.2. The Bertz CT molecular complexity index is 509. The second-order valence-corrected chi connectivity index (χ2v) is 4.40. The molecule has 1 rings (SSSR count). The van der Waals surface area contributed by atoms with Crippen LogP contribution in [-0.4, -0.2) is 25.3 Å². The minimum Gasteiger partial charge on any atom is -0.483 e. The number of carbonyl (C=O) groups is 2. The molecular weight excluding hydrogens is 300 g/mol. The zero-order valence-electron chi connectivity index (χ0n) is 9.70. The SMILES string of the molecule is Cc1cc(Br)cc(C=O)c1OCC(=O)NCC#N. The Morgan fingerprint density at radius 2 is 2.33 bits per heavy atom. The van der Waals surface area contributed by atoms with Crippen LogP contribution in [0, 0.1) is 18.3 Å². The van der Waals surface area contributed by atoms with Crippen molar-refractivity contribution in [2.24, 2.45) is 0 Å². The van der Waals surface area contributed by atoms with Crippen molar-refractivity contribution in [2.75, 3.05) is 13.2 Å². The van der Waals surface area contributed by atoms with Gasteiger partial charge in [-0.25, -0.2) is 0 Å². The molecule has 1 aromatic carbocycles. The first-order valence-corrected chi connectivity index (χ1v) is 5.89. The van der Waals surface area contributed by atoms with Crippen LogP contribution in [0.5, 0.6) is 5.75 Å². The summed E-state index contributed by atoms with van der Waals surface area (Å²) in [6.07, 6.45) is 0.667. The number of ether oxygens (including phenoxy) is 1. The average molecular weight is 311 g/mol. The van der Waals surface area contributed by atoms with Crippen molar-refractivity contribution in [3.05, 3.63) is 27.7 Å². The third-order valence-corrected chi connectivity index (χ3v) is 2.57. The van der Waals surface area contributed by atoms with Gasteiger partial charge in [-0.2, -0.15) is 5.26 Å². The van der Waals surface area contributed by atoms with Crippen LogP contribution in [0.15, 0.2) is 16.6 Å². The Kier molecular flexibility index (Phi) is 5.33. The van der Waals surface area contributed by atoms with E-state index in [-0.39, 0.29) is 13.2 Å². The molecule has 0 aliphatic carbocycles. The van der Waals surface area contributed by atoms with E-state index in [0.717, 1.165) is 10.0 Å². The van der Waals surface area contributed by atoms with E-state index in [0.29, 0.717) is 17.6 Å². The van der Waals surface area contributed by atoms with Gasteiger partial charge in [0.25, 0.3) is 5.91 Å². The first-order valence-electron chi connectivity index (χ1n) is 5.10. The Balaban J connectivity index is 2.76. The van der Waals surface area contributed by atoms with Gasteiger partial charge in [0.1, 0.15) is 12.3 Å². The zero-order valence-corrected chi connectivity index (χ0v) is 11.3. The summed E-state index contributed by atoms with van der Waals surface area (Å²) in [6, 6.07) is 5.19. The highest BCUT2D eigenvalue weighted by atomic mass is 79.9. The van der Waals surface area contributed by atoms with Crippen molar-refractivity contribution in [3.63, 3.8) is 0 Å². The van der Waals surface area contributed by atoms with E-state index in [9.17, 15) is 9.59 Å². The third-order valence-electron chi connectivity index (χ3n) is 2.11. The maximum Gasteiger partial charge on any atom is 0.258 e. The van der Waals surface area contributed by atoms with Gasteiger partial charge in [0.2, 0.25) is 0 Å². The number of hydrogen-bond donors (Lipinski definition) is 1. The molecule has 1 N–H and O–H groups in total. The number of nitrogens with one attached hydrogen (secondary N) is 1. The fraction of sp³-hybridized carbons (Fsp3) is 0.250. The number of halogens is 1.